The van der Waals surface area contributed by atoms with Gasteiger partial charge < -0.3 is 18.9 Å². The van der Waals surface area contributed by atoms with E-state index in [4.69, 9.17) is 18.9 Å². The van der Waals surface area contributed by atoms with E-state index in [9.17, 15) is 0 Å². The molecule has 22 heavy (non-hydrogen) atoms. The minimum atomic E-state index is 0.551. The summed E-state index contributed by atoms with van der Waals surface area (Å²) in [4.78, 5) is 0. The van der Waals surface area contributed by atoms with Crippen molar-refractivity contribution in [2.75, 3.05) is 54.9 Å². The lowest BCUT2D eigenvalue weighted by molar-refractivity contribution is 0.0572. The molecule has 0 radical (unpaired) electrons. The Morgan fingerprint density at radius 1 is 0.727 bits per heavy atom. The third-order valence-corrected chi connectivity index (χ3v) is 3.98. The lowest BCUT2D eigenvalue weighted by Crippen LogP contribution is -2.21. The predicted molar refractivity (Wildman–Crippen MR) is 93.5 cm³/mol. The van der Waals surface area contributed by atoms with Gasteiger partial charge in [0, 0.05) is 40.3 Å². The van der Waals surface area contributed by atoms with Gasteiger partial charge in [0.05, 0.1) is 26.4 Å². The lowest BCUT2D eigenvalue weighted by Gasteiger charge is -2.20. The van der Waals surface area contributed by atoms with E-state index in [1.165, 1.54) is 25.7 Å². The summed E-state index contributed by atoms with van der Waals surface area (Å²) in [7, 11) is 6.97. The molecule has 0 spiro atoms. The van der Waals surface area contributed by atoms with Gasteiger partial charge in [-0.3, -0.25) is 0 Å². The Bertz CT molecular complexity index is 188. The molecule has 0 aliphatic carbocycles. The van der Waals surface area contributed by atoms with Crippen molar-refractivity contribution >= 4 is 0 Å². The average Bonchev–Trinajstić information content (AvgIpc) is 2.52. The van der Waals surface area contributed by atoms with Gasteiger partial charge in [-0.1, -0.05) is 40.0 Å². The highest BCUT2D eigenvalue weighted by atomic mass is 16.5. The van der Waals surface area contributed by atoms with Crippen LogP contribution in [0.1, 0.15) is 46.5 Å². The van der Waals surface area contributed by atoms with E-state index < -0.39 is 0 Å². The molecular weight excluding hydrogens is 280 g/mol. The molecule has 0 aliphatic rings. The summed E-state index contributed by atoms with van der Waals surface area (Å²) in [6.07, 6.45) is 4.94. The van der Waals surface area contributed by atoms with Gasteiger partial charge in [-0.15, -0.1) is 0 Å². The Balaban J connectivity index is 0. The van der Waals surface area contributed by atoms with Crippen LogP contribution in [-0.2, 0) is 18.9 Å². The fourth-order valence-electron chi connectivity index (χ4n) is 2.32. The van der Waals surface area contributed by atoms with E-state index in [2.05, 4.69) is 20.8 Å². The van der Waals surface area contributed by atoms with Crippen molar-refractivity contribution in [2.24, 2.45) is 17.8 Å². The molecule has 0 aromatic carbocycles. The molecule has 4 heteroatoms. The van der Waals surface area contributed by atoms with E-state index in [-0.39, 0.29) is 0 Å². The maximum Gasteiger partial charge on any atom is 0.0515 e. The Hall–Kier alpha value is -0.160. The molecule has 0 saturated heterocycles. The van der Waals surface area contributed by atoms with E-state index in [0.717, 1.165) is 26.4 Å². The van der Waals surface area contributed by atoms with E-state index in [1.54, 1.807) is 28.4 Å². The summed E-state index contributed by atoms with van der Waals surface area (Å²) in [5.74, 6) is 1.83. The van der Waals surface area contributed by atoms with Gasteiger partial charge in [-0.2, -0.15) is 0 Å². The first-order valence-electron chi connectivity index (χ1n) is 8.56. The fraction of sp³-hybridized carbons (Fsp3) is 1.00. The second-order valence-electron chi connectivity index (χ2n) is 5.98. The molecule has 0 aromatic heterocycles. The van der Waals surface area contributed by atoms with Crippen molar-refractivity contribution in [3.05, 3.63) is 0 Å². The summed E-state index contributed by atoms with van der Waals surface area (Å²) >= 11 is 0. The highest BCUT2D eigenvalue weighted by Crippen LogP contribution is 2.15. The molecule has 4 nitrogen and oxygen atoms in total. The number of ether oxygens (including phenoxy) is 4. The van der Waals surface area contributed by atoms with Crippen LogP contribution < -0.4 is 0 Å². The topological polar surface area (TPSA) is 36.9 Å². The van der Waals surface area contributed by atoms with Crippen LogP contribution in [0.2, 0.25) is 0 Å². The SMILES string of the molecule is CCC(C)C(COC)COC.CCCCC(COC)COC. The molecule has 0 aliphatic heterocycles. The second kappa shape index (κ2) is 18.9. The summed E-state index contributed by atoms with van der Waals surface area (Å²) in [6, 6.07) is 0. The van der Waals surface area contributed by atoms with Crippen LogP contribution in [0.15, 0.2) is 0 Å². The van der Waals surface area contributed by atoms with Crippen LogP contribution in [0, 0.1) is 17.8 Å². The zero-order chi connectivity index (χ0) is 17.2. The molecule has 0 amide bonds. The maximum absolute atomic E-state index is 5.10. The standard InChI is InChI=1S/2C9H20O2/c1-5-8(2)9(6-10-3)7-11-4;1-4-5-6-9(7-10-2)8-11-3/h8-9H,5-7H2,1-4H3;9H,4-8H2,1-3H3. The summed E-state index contributed by atoms with van der Waals surface area (Å²) < 4.78 is 20.3. The average molecular weight is 321 g/mol. The molecule has 0 bridgehead atoms. The summed E-state index contributed by atoms with van der Waals surface area (Å²) in [6.45, 7) is 9.91. The van der Waals surface area contributed by atoms with Crippen LogP contribution in [0.4, 0.5) is 0 Å². The molecule has 0 heterocycles. The number of hydrogen-bond acceptors (Lipinski definition) is 4. The van der Waals surface area contributed by atoms with Crippen LogP contribution in [0.5, 0.6) is 0 Å². The van der Waals surface area contributed by atoms with Gasteiger partial charge in [-0.05, 0) is 12.3 Å². The first-order chi connectivity index (χ1) is 10.6. The maximum atomic E-state index is 5.10. The molecule has 0 fully saturated rings. The third kappa shape index (κ3) is 14.8. The predicted octanol–water partition coefficient (Wildman–Crippen LogP) is 4.03. The molecule has 0 saturated carbocycles. The zero-order valence-corrected chi connectivity index (χ0v) is 16.0. The minimum absolute atomic E-state index is 0.551. The van der Waals surface area contributed by atoms with Crippen molar-refractivity contribution in [3.8, 4) is 0 Å². The van der Waals surface area contributed by atoms with Crippen molar-refractivity contribution in [1.82, 2.24) is 0 Å². The Kier molecular flexibility index (Phi) is 20.7. The second-order valence-corrected chi connectivity index (χ2v) is 5.98. The first-order valence-corrected chi connectivity index (χ1v) is 8.56. The molecule has 0 aromatic rings. The first kappa shape index (κ1) is 24.1. The van der Waals surface area contributed by atoms with Crippen molar-refractivity contribution < 1.29 is 18.9 Å². The zero-order valence-electron chi connectivity index (χ0n) is 16.0. The molecule has 0 rings (SSSR count). The summed E-state index contributed by atoms with van der Waals surface area (Å²) in [5.41, 5.74) is 0. The highest BCUT2D eigenvalue weighted by Gasteiger charge is 2.14. The minimum Gasteiger partial charge on any atom is -0.384 e. The summed E-state index contributed by atoms with van der Waals surface area (Å²) in [5, 5.41) is 0. The Morgan fingerprint density at radius 2 is 1.18 bits per heavy atom. The third-order valence-electron chi connectivity index (χ3n) is 3.98. The van der Waals surface area contributed by atoms with Gasteiger partial charge in [-0.25, -0.2) is 0 Å². The van der Waals surface area contributed by atoms with Crippen LogP contribution in [0.25, 0.3) is 0 Å². The molecule has 136 valence electrons. The lowest BCUT2D eigenvalue weighted by atomic mass is 9.93. The molecule has 1 atom stereocenters. The van der Waals surface area contributed by atoms with Gasteiger partial charge >= 0.3 is 0 Å². The molecule has 1 unspecified atom stereocenters. The van der Waals surface area contributed by atoms with Crippen molar-refractivity contribution in [1.29, 1.82) is 0 Å². The van der Waals surface area contributed by atoms with E-state index >= 15 is 0 Å². The van der Waals surface area contributed by atoms with Crippen LogP contribution in [-0.4, -0.2) is 54.9 Å². The Morgan fingerprint density at radius 3 is 1.50 bits per heavy atom. The van der Waals surface area contributed by atoms with Crippen LogP contribution >= 0.6 is 0 Å². The fourth-order valence-corrected chi connectivity index (χ4v) is 2.32. The van der Waals surface area contributed by atoms with E-state index in [1.807, 2.05) is 0 Å². The van der Waals surface area contributed by atoms with Crippen molar-refractivity contribution in [3.63, 3.8) is 0 Å². The number of unbranched alkanes of at least 4 members (excludes halogenated alkanes) is 1. The van der Waals surface area contributed by atoms with Gasteiger partial charge in [0.15, 0.2) is 0 Å². The van der Waals surface area contributed by atoms with Gasteiger partial charge in [0.25, 0.3) is 0 Å². The van der Waals surface area contributed by atoms with E-state index in [0.29, 0.717) is 17.8 Å². The quantitative estimate of drug-likeness (QED) is 0.513. The van der Waals surface area contributed by atoms with Gasteiger partial charge in [0.1, 0.15) is 0 Å². The van der Waals surface area contributed by atoms with Crippen molar-refractivity contribution in [2.45, 2.75) is 46.5 Å². The number of methoxy groups -OCH3 is 4. The largest absolute Gasteiger partial charge is 0.384 e. The normalized spacial score (nSPS) is 12.4. The monoisotopic (exact) mass is 320 g/mol. The number of hydrogen-bond donors (Lipinski definition) is 0. The highest BCUT2D eigenvalue weighted by molar-refractivity contribution is 4.63. The van der Waals surface area contributed by atoms with Gasteiger partial charge in [0.2, 0.25) is 0 Å². The van der Waals surface area contributed by atoms with Crippen LogP contribution in [0.3, 0.4) is 0 Å². The number of rotatable bonds is 13. The Labute approximate surface area is 138 Å². The smallest absolute Gasteiger partial charge is 0.0515 e. The molecular formula is C18H40O4. The molecule has 0 N–H and O–H groups in total.